The van der Waals surface area contributed by atoms with Gasteiger partial charge in [0.15, 0.2) is 5.96 Å². The molecule has 0 spiro atoms. The molecule has 0 fully saturated rings. The summed E-state index contributed by atoms with van der Waals surface area (Å²) in [5, 5.41) is 7.25. The molecule has 0 aromatic heterocycles. The standard InChI is InChI=1S/C17H28ClN3O2.HI/c1-4-22-12-6-5-11-20-17(19-3)21-13-14(2)23-16-9-7-15(18)8-10-16;/h7-10,14H,4-6,11-13H2,1-3H3,(H2,19,20,21);1H. The molecule has 0 heterocycles. The third kappa shape index (κ3) is 10.9. The van der Waals surface area contributed by atoms with Crippen molar-refractivity contribution in [1.29, 1.82) is 0 Å². The third-order valence-corrected chi connectivity index (χ3v) is 3.40. The van der Waals surface area contributed by atoms with Gasteiger partial charge in [-0.05, 0) is 51.0 Å². The minimum absolute atomic E-state index is 0. The van der Waals surface area contributed by atoms with E-state index in [4.69, 9.17) is 21.1 Å². The second-order valence-electron chi connectivity index (χ2n) is 5.17. The van der Waals surface area contributed by atoms with Crippen molar-refractivity contribution in [2.75, 3.05) is 33.4 Å². The zero-order valence-electron chi connectivity index (χ0n) is 14.7. The normalized spacial score (nSPS) is 12.2. The number of ether oxygens (including phenoxy) is 2. The lowest BCUT2D eigenvalue weighted by Crippen LogP contribution is -2.42. The molecule has 1 atom stereocenters. The van der Waals surface area contributed by atoms with Crippen LogP contribution in [0, 0.1) is 0 Å². The van der Waals surface area contributed by atoms with Crippen molar-refractivity contribution in [1.82, 2.24) is 10.6 Å². The predicted molar refractivity (Wildman–Crippen MR) is 112 cm³/mol. The van der Waals surface area contributed by atoms with Crippen LogP contribution < -0.4 is 15.4 Å². The molecule has 0 saturated carbocycles. The number of guanidine groups is 1. The Morgan fingerprint density at radius 2 is 1.92 bits per heavy atom. The number of nitrogens with one attached hydrogen (secondary N) is 2. The maximum absolute atomic E-state index is 5.86. The van der Waals surface area contributed by atoms with E-state index >= 15 is 0 Å². The molecule has 5 nitrogen and oxygen atoms in total. The number of hydrogen-bond donors (Lipinski definition) is 2. The zero-order valence-corrected chi connectivity index (χ0v) is 17.8. The fourth-order valence-electron chi connectivity index (χ4n) is 1.93. The fraction of sp³-hybridized carbons (Fsp3) is 0.588. The molecular weight excluding hydrogens is 441 g/mol. The average Bonchev–Trinajstić information content (AvgIpc) is 2.55. The molecule has 2 N–H and O–H groups in total. The number of rotatable bonds is 10. The smallest absolute Gasteiger partial charge is 0.191 e. The lowest BCUT2D eigenvalue weighted by Gasteiger charge is -2.17. The highest BCUT2D eigenvalue weighted by Gasteiger charge is 2.05. The van der Waals surface area contributed by atoms with Gasteiger partial charge in [-0.1, -0.05) is 11.6 Å². The minimum atomic E-state index is 0. The highest BCUT2D eigenvalue weighted by molar-refractivity contribution is 14.0. The molecule has 1 unspecified atom stereocenters. The van der Waals surface area contributed by atoms with E-state index in [1.807, 2.05) is 38.1 Å². The molecule has 1 aromatic rings. The van der Waals surface area contributed by atoms with Crippen LogP contribution in [0.1, 0.15) is 26.7 Å². The van der Waals surface area contributed by atoms with Crippen molar-refractivity contribution in [2.24, 2.45) is 4.99 Å². The molecule has 0 saturated heterocycles. The monoisotopic (exact) mass is 469 g/mol. The summed E-state index contributed by atoms with van der Waals surface area (Å²) in [6.07, 6.45) is 2.12. The second-order valence-corrected chi connectivity index (χ2v) is 5.60. The number of unbranched alkanes of at least 4 members (excludes halogenated alkanes) is 1. The fourth-order valence-corrected chi connectivity index (χ4v) is 2.05. The van der Waals surface area contributed by atoms with E-state index in [0.29, 0.717) is 11.6 Å². The Bertz CT molecular complexity index is 458. The van der Waals surface area contributed by atoms with Crippen LogP contribution in [0.5, 0.6) is 5.75 Å². The molecular formula is C17H29ClIN3O2. The van der Waals surface area contributed by atoms with E-state index in [1.165, 1.54) is 0 Å². The largest absolute Gasteiger partial charge is 0.489 e. The van der Waals surface area contributed by atoms with Gasteiger partial charge in [-0.2, -0.15) is 0 Å². The quantitative estimate of drug-likeness (QED) is 0.237. The van der Waals surface area contributed by atoms with Crippen molar-refractivity contribution in [3.05, 3.63) is 29.3 Å². The summed E-state index contributed by atoms with van der Waals surface area (Å²) in [6, 6.07) is 7.37. The summed E-state index contributed by atoms with van der Waals surface area (Å²) >= 11 is 5.86. The van der Waals surface area contributed by atoms with Gasteiger partial charge in [0, 0.05) is 31.8 Å². The topological polar surface area (TPSA) is 54.9 Å². The van der Waals surface area contributed by atoms with E-state index in [2.05, 4.69) is 15.6 Å². The van der Waals surface area contributed by atoms with Crippen molar-refractivity contribution in [3.8, 4) is 5.75 Å². The summed E-state index contributed by atoms with van der Waals surface area (Å²) in [4.78, 5) is 4.20. The van der Waals surface area contributed by atoms with Gasteiger partial charge in [-0.15, -0.1) is 24.0 Å². The van der Waals surface area contributed by atoms with Crippen LogP contribution in [0.25, 0.3) is 0 Å². The van der Waals surface area contributed by atoms with Gasteiger partial charge >= 0.3 is 0 Å². The van der Waals surface area contributed by atoms with Gasteiger partial charge < -0.3 is 20.1 Å². The number of halogens is 2. The van der Waals surface area contributed by atoms with Crippen LogP contribution in [0.15, 0.2) is 29.3 Å². The number of benzene rings is 1. The summed E-state index contributed by atoms with van der Waals surface area (Å²) in [5.41, 5.74) is 0. The first-order chi connectivity index (χ1) is 11.2. The van der Waals surface area contributed by atoms with E-state index in [-0.39, 0.29) is 30.1 Å². The minimum Gasteiger partial charge on any atom is -0.489 e. The van der Waals surface area contributed by atoms with Crippen LogP contribution in [0.3, 0.4) is 0 Å². The Morgan fingerprint density at radius 3 is 2.54 bits per heavy atom. The van der Waals surface area contributed by atoms with E-state index in [0.717, 1.165) is 44.3 Å². The van der Waals surface area contributed by atoms with Crippen LogP contribution in [-0.4, -0.2) is 45.4 Å². The van der Waals surface area contributed by atoms with Crippen LogP contribution in [0.4, 0.5) is 0 Å². The number of hydrogen-bond acceptors (Lipinski definition) is 3. The van der Waals surface area contributed by atoms with Crippen molar-refractivity contribution >= 4 is 41.5 Å². The van der Waals surface area contributed by atoms with E-state index in [9.17, 15) is 0 Å². The summed E-state index contributed by atoms with van der Waals surface area (Å²) in [6.45, 7) is 7.16. The van der Waals surface area contributed by atoms with E-state index < -0.39 is 0 Å². The lowest BCUT2D eigenvalue weighted by atomic mass is 10.3. The molecule has 1 rings (SSSR count). The Labute approximate surface area is 167 Å². The molecule has 0 bridgehead atoms. The average molecular weight is 470 g/mol. The van der Waals surface area contributed by atoms with Gasteiger partial charge in [-0.3, -0.25) is 4.99 Å². The summed E-state index contributed by atoms with van der Waals surface area (Å²) < 4.78 is 11.1. The van der Waals surface area contributed by atoms with Crippen molar-refractivity contribution in [3.63, 3.8) is 0 Å². The van der Waals surface area contributed by atoms with Crippen molar-refractivity contribution < 1.29 is 9.47 Å². The highest BCUT2D eigenvalue weighted by atomic mass is 127. The molecule has 24 heavy (non-hydrogen) atoms. The Balaban J connectivity index is 0.00000529. The predicted octanol–water partition coefficient (Wildman–Crippen LogP) is 3.71. The molecule has 138 valence electrons. The molecule has 0 aliphatic rings. The van der Waals surface area contributed by atoms with Crippen molar-refractivity contribution in [2.45, 2.75) is 32.8 Å². The maximum atomic E-state index is 5.86. The molecule has 1 aromatic carbocycles. The molecule has 0 amide bonds. The zero-order chi connectivity index (χ0) is 16.9. The first-order valence-corrected chi connectivity index (χ1v) is 8.48. The van der Waals surface area contributed by atoms with Crippen LogP contribution >= 0.6 is 35.6 Å². The van der Waals surface area contributed by atoms with Gasteiger partial charge in [0.05, 0.1) is 6.54 Å². The Hall–Kier alpha value is -0.730. The van der Waals surface area contributed by atoms with E-state index in [1.54, 1.807) is 7.05 Å². The summed E-state index contributed by atoms with van der Waals surface area (Å²) in [5.74, 6) is 1.59. The molecule has 0 aliphatic carbocycles. The Kier molecular flexibility index (Phi) is 14.2. The second kappa shape index (κ2) is 14.6. The Morgan fingerprint density at radius 1 is 1.21 bits per heavy atom. The molecule has 0 radical (unpaired) electrons. The first-order valence-electron chi connectivity index (χ1n) is 8.10. The van der Waals surface area contributed by atoms with Gasteiger partial charge in [-0.25, -0.2) is 0 Å². The number of nitrogens with zero attached hydrogens (tertiary/aromatic N) is 1. The molecule has 7 heteroatoms. The molecule has 0 aliphatic heterocycles. The maximum Gasteiger partial charge on any atom is 0.191 e. The van der Waals surface area contributed by atoms with Crippen LogP contribution in [0.2, 0.25) is 5.02 Å². The summed E-state index contributed by atoms with van der Waals surface area (Å²) in [7, 11) is 1.76. The van der Waals surface area contributed by atoms with Crippen LogP contribution in [-0.2, 0) is 4.74 Å². The van der Waals surface area contributed by atoms with Gasteiger partial charge in [0.25, 0.3) is 0 Å². The number of aliphatic imine (C=N–C) groups is 1. The highest BCUT2D eigenvalue weighted by Crippen LogP contribution is 2.16. The first kappa shape index (κ1) is 23.3. The van der Waals surface area contributed by atoms with Gasteiger partial charge in [0.1, 0.15) is 11.9 Å². The van der Waals surface area contributed by atoms with Gasteiger partial charge in [0.2, 0.25) is 0 Å². The lowest BCUT2D eigenvalue weighted by molar-refractivity contribution is 0.143. The third-order valence-electron chi connectivity index (χ3n) is 3.14. The SMILES string of the molecule is CCOCCCCNC(=NC)NCC(C)Oc1ccc(Cl)cc1.I.